The molecule has 0 heterocycles. The van der Waals surface area contributed by atoms with E-state index < -0.39 is 36.4 Å². The third-order valence-corrected chi connectivity index (χ3v) is 4.47. The molecule has 0 radical (unpaired) electrons. The first-order valence-corrected chi connectivity index (χ1v) is 9.43. The van der Waals surface area contributed by atoms with Crippen molar-refractivity contribution in [3.63, 3.8) is 0 Å². The van der Waals surface area contributed by atoms with Gasteiger partial charge in [-0.05, 0) is 47.8 Å². The Morgan fingerprint density at radius 3 is 2.52 bits per heavy atom. The smallest absolute Gasteiger partial charge is 0.481 e. The number of aliphatic carboxylic acids is 1. The van der Waals surface area contributed by atoms with Gasteiger partial charge in [-0.3, -0.25) is 9.52 Å². The van der Waals surface area contributed by atoms with Crippen LogP contribution in [0.2, 0.25) is 0 Å². The maximum atomic E-state index is 13.8. The number of carboxylic acids is 1. The van der Waals surface area contributed by atoms with Gasteiger partial charge < -0.3 is 14.6 Å². The Kier molecular flexibility index (Phi) is 7.73. The number of carbonyl (C=O) groups excluding carboxylic acids is 1. The lowest BCUT2D eigenvalue weighted by atomic mass is 10.2. The zero-order chi connectivity index (χ0) is 21.6. The Labute approximate surface area is 174 Å². The largest absolute Gasteiger partial charge is 0.573 e. The zero-order valence-electron chi connectivity index (χ0n) is 14.3. The van der Waals surface area contributed by atoms with E-state index in [0.29, 0.717) is 4.47 Å². The van der Waals surface area contributed by atoms with Crippen molar-refractivity contribution in [3.8, 4) is 11.5 Å². The third-order valence-electron chi connectivity index (χ3n) is 3.19. The molecule has 0 bridgehead atoms. The fraction of sp³-hybridized carbons (Fsp3) is 0.176. The quantitative estimate of drug-likeness (QED) is 0.411. The van der Waals surface area contributed by atoms with E-state index in [1.54, 1.807) is 6.07 Å². The number of rotatable bonds is 8. The summed E-state index contributed by atoms with van der Waals surface area (Å²) in [5.74, 6) is -3.63. The van der Waals surface area contributed by atoms with Crippen LogP contribution in [0.3, 0.4) is 0 Å². The van der Waals surface area contributed by atoms with Crippen LogP contribution in [-0.2, 0) is 10.5 Å². The molecule has 6 nitrogen and oxygen atoms in total. The van der Waals surface area contributed by atoms with Crippen molar-refractivity contribution in [2.75, 3.05) is 6.61 Å². The fourth-order valence-electron chi connectivity index (χ4n) is 2.02. The molecular weight excluding hydrogens is 486 g/mol. The normalized spacial score (nSPS) is 11.1. The molecule has 0 aliphatic carbocycles. The molecular formula is C17H12BrF4NO5S. The van der Waals surface area contributed by atoms with Crippen molar-refractivity contribution in [3.05, 3.63) is 57.8 Å². The Balaban J connectivity index is 2.13. The maximum Gasteiger partial charge on any atom is 0.573 e. The number of ether oxygens (including phenoxy) is 2. The summed E-state index contributed by atoms with van der Waals surface area (Å²) in [6.07, 6.45) is -4.98. The molecule has 0 aliphatic heterocycles. The predicted molar refractivity (Wildman–Crippen MR) is 99.1 cm³/mol. The van der Waals surface area contributed by atoms with Crippen molar-refractivity contribution in [1.82, 2.24) is 4.72 Å². The SMILES string of the molecule is O=C(O)COc1ccc(OC(F)(F)F)cc1C(=O)NSCc1ccc(Br)cc1F. The van der Waals surface area contributed by atoms with Gasteiger partial charge in [0.2, 0.25) is 0 Å². The minimum atomic E-state index is -4.98. The lowest BCUT2D eigenvalue weighted by Crippen LogP contribution is -2.21. The van der Waals surface area contributed by atoms with Crippen molar-refractivity contribution in [2.24, 2.45) is 0 Å². The lowest BCUT2D eigenvalue weighted by molar-refractivity contribution is -0.274. The van der Waals surface area contributed by atoms with Gasteiger partial charge in [0.05, 0.1) is 5.56 Å². The number of hydrogen-bond acceptors (Lipinski definition) is 5. The number of carbonyl (C=O) groups is 2. The molecule has 0 saturated carbocycles. The highest BCUT2D eigenvalue weighted by atomic mass is 79.9. The number of halogens is 5. The highest BCUT2D eigenvalue weighted by molar-refractivity contribution is 9.10. The van der Waals surface area contributed by atoms with E-state index in [1.165, 1.54) is 12.1 Å². The minimum Gasteiger partial charge on any atom is -0.481 e. The van der Waals surface area contributed by atoms with E-state index in [4.69, 9.17) is 9.84 Å². The molecule has 2 N–H and O–H groups in total. The van der Waals surface area contributed by atoms with Crippen molar-refractivity contribution >= 4 is 39.8 Å². The molecule has 156 valence electrons. The Morgan fingerprint density at radius 1 is 1.17 bits per heavy atom. The molecule has 2 aromatic carbocycles. The summed E-state index contributed by atoms with van der Waals surface area (Å²) in [5.41, 5.74) is -0.0909. The molecule has 0 unspecified atom stereocenters. The second-order valence-corrected chi connectivity index (χ2v) is 7.04. The number of amides is 1. The fourth-order valence-corrected chi connectivity index (χ4v) is 3.06. The summed E-state index contributed by atoms with van der Waals surface area (Å²) < 4.78 is 62.6. The molecule has 2 aromatic rings. The van der Waals surface area contributed by atoms with Crippen LogP contribution >= 0.6 is 27.9 Å². The van der Waals surface area contributed by atoms with Gasteiger partial charge in [0, 0.05) is 10.2 Å². The van der Waals surface area contributed by atoms with Crippen LogP contribution < -0.4 is 14.2 Å². The minimum absolute atomic E-state index is 0.0366. The summed E-state index contributed by atoms with van der Waals surface area (Å²) in [4.78, 5) is 23.0. The average Bonchev–Trinajstić information content (AvgIpc) is 2.60. The highest BCUT2D eigenvalue weighted by Crippen LogP contribution is 2.29. The van der Waals surface area contributed by atoms with Gasteiger partial charge in [-0.25, -0.2) is 9.18 Å². The van der Waals surface area contributed by atoms with Gasteiger partial charge in [-0.1, -0.05) is 22.0 Å². The van der Waals surface area contributed by atoms with Gasteiger partial charge in [0.15, 0.2) is 6.61 Å². The summed E-state index contributed by atoms with van der Waals surface area (Å²) >= 11 is 3.91. The summed E-state index contributed by atoms with van der Waals surface area (Å²) in [5, 5.41) is 8.68. The first-order valence-electron chi connectivity index (χ1n) is 7.65. The van der Waals surface area contributed by atoms with Crippen molar-refractivity contribution in [2.45, 2.75) is 12.1 Å². The molecule has 0 spiro atoms. The molecule has 0 atom stereocenters. The zero-order valence-corrected chi connectivity index (χ0v) is 16.7. The van der Waals surface area contributed by atoms with Crippen LogP contribution in [0.25, 0.3) is 0 Å². The van der Waals surface area contributed by atoms with E-state index in [0.717, 1.165) is 30.1 Å². The molecule has 2 rings (SSSR count). The summed E-state index contributed by atoms with van der Waals surface area (Å²) in [6.45, 7) is -0.809. The second-order valence-electron chi connectivity index (χ2n) is 5.34. The first-order chi connectivity index (χ1) is 13.5. The molecule has 29 heavy (non-hydrogen) atoms. The standard InChI is InChI=1S/C17H12BrF4NO5S/c18-10-2-1-9(13(19)5-10)8-29-23-16(26)12-6-11(28-17(20,21)22)3-4-14(12)27-7-15(24)25/h1-6H,7-8H2,(H,23,26)(H,24,25). The Hall–Kier alpha value is -2.47. The molecule has 0 aliphatic rings. The van der Waals surface area contributed by atoms with Gasteiger partial charge in [-0.15, -0.1) is 13.2 Å². The van der Waals surface area contributed by atoms with E-state index in [1.807, 2.05) is 0 Å². The number of benzene rings is 2. The lowest BCUT2D eigenvalue weighted by Gasteiger charge is -2.14. The molecule has 0 saturated heterocycles. The van der Waals surface area contributed by atoms with E-state index in [2.05, 4.69) is 25.4 Å². The van der Waals surface area contributed by atoms with Gasteiger partial charge >= 0.3 is 12.3 Å². The number of alkyl halides is 3. The topological polar surface area (TPSA) is 84.9 Å². The molecule has 0 aromatic heterocycles. The highest BCUT2D eigenvalue weighted by Gasteiger charge is 2.31. The van der Waals surface area contributed by atoms with Crippen LogP contribution in [0.4, 0.5) is 17.6 Å². The summed E-state index contributed by atoms with van der Waals surface area (Å²) in [7, 11) is 0. The van der Waals surface area contributed by atoms with Crippen molar-refractivity contribution in [1.29, 1.82) is 0 Å². The molecule has 12 heteroatoms. The van der Waals surface area contributed by atoms with E-state index >= 15 is 0 Å². The van der Waals surface area contributed by atoms with Crippen LogP contribution in [-0.4, -0.2) is 30.0 Å². The van der Waals surface area contributed by atoms with Crippen molar-refractivity contribution < 1.29 is 41.7 Å². The first kappa shape index (κ1) is 22.8. The van der Waals surface area contributed by atoms with Crippen LogP contribution in [0.5, 0.6) is 11.5 Å². The molecule has 1 amide bonds. The van der Waals surface area contributed by atoms with Crippen LogP contribution in [0.15, 0.2) is 40.9 Å². The number of carboxylic acid groups (broad SMARTS) is 1. The van der Waals surface area contributed by atoms with Crippen LogP contribution in [0.1, 0.15) is 15.9 Å². The number of hydrogen-bond donors (Lipinski definition) is 2. The Bertz CT molecular complexity index is 910. The third kappa shape index (κ3) is 7.46. The second kappa shape index (κ2) is 9.83. The Morgan fingerprint density at radius 2 is 1.90 bits per heavy atom. The summed E-state index contributed by atoms with van der Waals surface area (Å²) in [6, 6.07) is 6.98. The van der Waals surface area contributed by atoms with E-state index in [9.17, 15) is 27.2 Å². The predicted octanol–water partition coefficient (Wildman–Crippen LogP) is 4.53. The number of nitrogens with one attached hydrogen (secondary N) is 1. The van der Waals surface area contributed by atoms with Crippen LogP contribution in [0, 0.1) is 5.82 Å². The maximum absolute atomic E-state index is 13.8. The van der Waals surface area contributed by atoms with Gasteiger partial charge in [-0.2, -0.15) is 0 Å². The monoisotopic (exact) mass is 497 g/mol. The molecule has 0 fully saturated rings. The van der Waals surface area contributed by atoms with E-state index in [-0.39, 0.29) is 22.6 Å². The van der Waals surface area contributed by atoms with Gasteiger partial charge in [0.1, 0.15) is 17.3 Å². The average molecular weight is 498 g/mol. The van der Waals surface area contributed by atoms with Gasteiger partial charge in [0.25, 0.3) is 5.91 Å².